The number of alkyl halides is 1. The van der Waals surface area contributed by atoms with Gasteiger partial charge in [-0.05, 0) is 29.8 Å². The minimum absolute atomic E-state index is 0.0969. The van der Waals surface area contributed by atoms with Crippen LogP contribution in [-0.4, -0.2) is 34.6 Å². The number of H-pyrrole nitrogens is 1. The highest BCUT2D eigenvalue weighted by Gasteiger charge is 2.30. The fraction of sp³-hybridized carbons (Fsp3) is 0.286. The number of carbonyl (C=O) groups excluding carboxylic acids is 1. The Labute approximate surface area is 125 Å². The number of benzene rings is 1. The normalized spacial score (nSPS) is 18.6. The van der Waals surface area contributed by atoms with Crippen molar-refractivity contribution in [2.45, 2.75) is 11.2 Å². The SMILES string of the molecule is COc1ccc(-c2cc(N3CC(Br)CC3=O)n[nH]2)cc1. The van der Waals surface area contributed by atoms with Gasteiger partial charge in [-0.1, -0.05) is 15.9 Å². The number of halogens is 1. The van der Waals surface area contributed by atoms with Crippen LogP contribution in [-0.2, 0) is 4.79 Å². The van der Waals surface area contributed by atoms with Gasteiger partial charge in [0.1, 0.15) is 5.75 Å². The summed E-state index contributed by atoms with van der Waals surface area (Å²) in [5, 5.41) is 7.20. The third-order valence-corrected chi connectivity index (χ3v) is 3.93. The maximum absolute atomic E-state index is 11.8. The number of aromatic amines is 1. The van der Waals surface area contributed by atoms with Crippen LogP contribution in [0.2, 0.25) is 0 Å². The molecule has 1 unspecified atom stereocenters. The Morgan fingerprint density at radius 2 is 2.15 bits per heavy atom. The van der Waals surface area contributed by atoms with E-state index in [2.05, 4.69) is 26.1 Å². The van der Waals surface area contributed by atoms with E-state index in [1.54, 1.807) is 12.0 Å². The molecule has 0 saturated carbocycles. The van der Waals surface area contributed by atoms with Gasteiger partial charge in [0.25, 0.3) is 0 Å². The summed E-state index contributed by atoms with van der Waals surface area (Å²) < 4.78 is 5.13. The molecule has 0 radical (unpaired) electrons. The number of hydrogen-bond acceptors (Lipinski definition) is 3. The molecule has 0 spiro atoms. The second-order valence-electron chi connectivity index (χ2n) is 4.67. The molecule has 1 amide bonds. The lowest BCUT2D eigenvalue weighted by molar-refractivity contribution is -0.117. The molecule has 1 aromatic heterocycles. The molecule has 5 nitrogen and oxygen atoms in total. The summed E-state index contributed by atoms with van der Waals surface area (Å²) in [5.41, 5.74) is 1.89. The number of nitrogens with one attached hydrogen (secondary N) is 1. The number of rotatable bonds is 3. The van der Waals surface area contributed by atoms with Crippen LogP contribution in [0.15, 0.2) is 30.3 Å². The van der Waals surface area contributed by atoms with Gasteiger partial charge < -0.3 is 4.74 Å². The minimum Gasteiger partial charge on any atom is -0.497 e. The van der Waals surface area contributed by atoms with Crippen molar-refractivity contribution in [3.8, 4) is 17.0 Å². The molecule has 6 heteroatoms. The Hall–Kier alpha value is -1.82. The molecule has 1 atom stereocenters. The highest BCUT2D eigenvalue weighted by Crippen LogP contribution is 2.27. The van der Waals surface area contributed by atoms with Crippen LogP contribution in [0.5, 0.6) is 5.75 Å². The van der Waals surface area contributed by atoms with Crippen molar-refractivity contribution in [1.82, 2.24) is 10.2 Å². The Morgan fingerprint density at radius 3 is 2.75 bits per heavy atom. The van der Waals surface area contributed by atoms with Crippen LogP contribution in [0.4, 0.5) is 5.82 Å². The number of amides is 1. The van der Waals surface area contributed by atoms with Crippen LogP contribution in [0.1, 0.15) is 6.42 Å². The molecule has 1 N–H and O–H groups in total. The Morgan fingerprint density at radius 1 is 1.40 bits per heavy atom. The van der Waals surface area contributed by atoms with Crippen molar-refractivity contribution in [2.75, 3.05) is 18.6 Å². The topological polar surface area (TPSA) is 58.2 Å². The van der Waals surface area contributed by atoms with Crippen LogP contribution >= 0.6 is 15.9 Å². The average molecular weight is 336 g/mol. The Balaban J connectivity index is 1.84. The summed E-state index contributed by atoms with van der Waals surface area (Å²) in [6.45, 7) is 0.658. The molecular formula is C14H14BrN3O2. The van der Waals surface area contributed by atoms with E-state index >= 15 is 0 Å². The first-order chi connectivity index (χ1) is 9.67. The molecular weight excluding hydrogens is 322 g/mol. The molecule has 1 fully saturated rings. The van der Waals surface area contributed by atoms with Gasteiger partial charge >= 0.3 is 0 Å². The lowest BCUT2D eigenvalue weighted by Crippen LogP contribution is -2.24. The predicted octanol–water partition coefficient (Wildman–Crippen LogP) is 2.59. The summed E-state index contributed by atoms with van der Waals surface area (Å²) in [4.78, 5) is 13.7. The first-order valence-corrected chi connectivity index (χ1v) is 7.23. The van der Waals surface area contributed by atoms with Crippen LogP contribution in [0.25, 0.3) is 11.3 Å². The zero-order chi connectivity index (χ0) is 14.1. The highest BCUT2D eigenvalue weighted by atomic mass is 79.9. The quantitative estimate of drug-likeness (QED) is 0.877. The highest BCUT2D eigenvalue weighted by molar-refractivity contribution is 9.09. The summed E-state index contributed by atoms with van der Waals surface area (Å²) >= 11 is 3.47. The van der Waals surface area contributed by atoms with Crippen molar-refractivity contribution in [2.24, 2.45) is 0 Å². The maximum Gasteiger partial charge on any atom is 0.229 e. The minimum atomic E-state index is 0.0969. The Kier molecular flexibility index (Phi) is 3.48. The molecule has 0 aliphatic carbocycles. The monoisotopic (exact) mass is 335 g/mol. The predicted molar refractivity (Wildman–Crippen MR) is 80.3 cm³/mol. The van der Waals surface area contributed by atoms with Gasteiger partial charge in [0.05, 0.1) is 12.8 Å². The third-order valence-electron chi connectivity index (χ3n) is 3.32. The van der Waals surface area contributed by atoms with Crippen molar-refractivity contribution in [1.29, 1.82) is 0 Å². The van der Waals surface area contributed by atoms with E-state index in [1.165, 1.54) is 0 Å². The summed E-state index contributed by atoms with van der Waals surface area (Å²) in [7, 11) is 1.64. The van der Waals surface area contributed by atoms with Crippen molar-refractivity contribution in [3.05, 3.63) is 30.3 Å². The lowest BCUT2D eigenvalue weighted by atomic mass is 10.1. The number of ether oxygens (including phenoxy) is 1. The average Bonchev–Trinajstić information content (AvgIpc) is 3.05. The molecule has 1 aliphatic heterocycles. The molecule has 1 saturated heterocycles. The molecule has 2 heterocycles. The molecule has 1 aromatic carbocycles. The molecule has 2 aromatic rings. The van der Waals surface area contributed by atoms with Crippen LogP contribution < -0.4 is 9.64 Å². The number of aromatic nitrogens is 2. The van der Waals surface area contributed by atoms with Gasteiger partial charge in [-0.15, -0.1) is 0 Å². The molecule has 20 heavy (non-hydrogen) atoms. The molecule has 3 rings (SSSR count). The first-order valence-electron chi connectivity index (χ1n) is 6.31. The van der Waals surface area contributed by atoms with E-state index < -0.39 is 0 Å². The molecule has 0 bridgehead atoms. The van der Waals surface area contributed by atoms with Gasteiger partial charge in [0.2, 0.25) is 5.91 Å². The first kappa shape index (κ1) is 13.2. The third kappa shape index (κ3) is 2.43. The molecule has 1 aliphatic rings. The fourth-order valence-electron chi connectivity index (χ4n) is 2.25. The maximum atomic E-state index is 11.8. The van der Waals surface area contributed by atoms with E-state index in [0.717, 1.165) is 17.0 Å². The van der Waals surface area contributed by atoms with Gasteiger partial charge in [-0.2, -0.15) is 5.10 Å². The van der Waals surface area contributed by atoms with Crippen molar-refractivity contribution < 1.29 is 9.53 Å². The summed E-state index contributed by atoms with van der Waals surface area (Å²) in [6, 6.07) is 9.59. The van der Waals surface area contributed by atoms with Gasteiger partial charge in [0.15, 0.2) is 5.82 Å². The lowest BCUT2D eigenvalue weighted by Gasteiger charge is -2.10. The fourth-order valence-corrected chi connectivity index (χ4v) is 2.82. The van der Waals surface area contributed by atoms with Gasteiger partial charge in [0, 0.05) is 23.9 Å². The largest absolute Gasteiger partial charge is 0.497 e. The zero-order valence-corrected chi connectivity index (χ0v) is 12.6. The number of nitrogens with zero attached hydrogens (tertiary/aromatic N) is 2. The van der Waals surface area contributed by atoms with E-state index in [-0.39, 0.29) is 10.7 Å². The van der Waals surface area contributed by atoms with Crippen LogP contribution in [0, 0.1) is 0 Å². The van der Waals surface area contributed by atoms with Crippen LogP contribution in [0.3, 0.4) is 0 Å². The number of anilines is 1. The zero-order valence-electron chi connectivity index (χ0n) is 11.0. The summed E-state index contributed by atoms with van der Waals surface area (Å²) in [6.07, 6.45) is 0.519. The van der Waals surface area contributed by atoms with E-state index in [9.17, 15) is 4.79 Å². The van der Waals surface area contributed by atoms with Crippen molar-refractivity contribution >= 4 is 27.7 Å². The van der Waals surface area contributed by atoms with Gasteiger partial charge in [-0.3, -0.25) is 14.8 Å². The van der Waals surface area contributed by atoms with Gasteiger partial charge in [-0.25, -0.2) is 0 Å². The van der Waals surface area contributed by atoms with E-state index in [0.29, 0.717) is 18.8 Å². The standard InChI is InChI=1S/C14H14BrN3O2/c1-20-11-4-2-9(3-5-11)12-7-13(17-16-12)18-8-10(15)6-14(18)19/h2-5,7,10H,6,8H2,1H3,(H,16,17). The van der Waals surface area contributed by atoms with Crippen molar-refractivity contribution in [3.63, 3.8) is 0 Å². The number of methoxy groups -OCH3 is 1. The van der Waals surface area contributed by atoms with E-state index in [1.807, 2.05) is 30.3 Å². The Bertz CT molecular complexity index is 624. The smallest absolute Gasteiger partial charge is 0.229 e. The number of carbonyl (C=O) groups is 1. The number of hydrogen-bond donors (Lipinski definition) is 1. The van der Waals surface area contributed by atoms with E-state index in [4.69, 9.17) is 4.74 Å². The summed E-state index contributed by atoms with van der Waals surface area (Å²) in [5.74, 6) is 1.58. The second-order valence-corrected chi connectivity index (χ2v) is 5.97. The second kappa shape index (κ2) is 5.28. The molecule has 104 valence electrons.